The average molecular weight is 319 g/mol. The van der Waals surface area contributed by atoms with Crippen LogP contribution in [0.4, 0.5) is 10.1 Å². The van der Waals surface area contributed by atoms with Gasteiger partial charge in [0.1, 0.15) is 5.82 Å². The molecule has 1 unspecified atom stereocenters. The van der Waals surface area contributed by atoms with Gasteiger partial charge in [0.15, 0.2) is 5.43 Å². The van der Waals surface area contributed by atoms with Gasteiger partial charge in [0.2, 0.25) is 0 Å². The van der Waals surface area contributed by atoms with Gasteiger partial charge in [-0.15, -0.1) is 0 Å². The number of fused-ring (bicyclic) bond motifs is 3. The van der Waals surface area contributed by atoms with E-state index in [4.69, 9.17) is 0 Å². The van der Waals surface area contributed by atoms with Gasteiger partial charge < -0.3 is 14.8 Å². The molecule has 4 rings (SSSR count). The van der Waals surface area contributed by atoms with Crippen molar-refractivity contribution in [1.29, 1.82) is 0 Å². The molecule has 0 spiro atoms. The van der Waals surface area contributed by atoms with Gasteiger partial charge in [-0.2, -0.15) is 0 Å². The highest BCUT2D eigenvalue weighted by molar-refractivity contribution is 8.00. The molecule has 3 heterocycles. The summed E-state index contributed by atoms with van der Waals surface area (Å²) < 4.78 is 16.7. The third kappa shape index (κ3) is 1.90. The van der Waals surface area contributed by atoms with Crippen LogP contribution in [0, 0.1) is 12.7 Å². The Hall–Kier alpha value is -1.53. The second-order valence-electron chi connectivity index (χ2n) is 5.90. The number of anilines is 1. The lowest BCUT2D eigenvalue weighted by Crippen LogP contribution is -2.44. The SMILES string of the molecule is Cc1c2n(c3cc(N4CCNCC4)c(F)cc3c1=O)C(C)S2. The maximum atomic E-state index is 14.5. The van der Waals surface area contributed by atoms with Gasteiger partial charge in [-0.25, -0.2) is 4.39 Å². The number of nitrogens with one attached hydrogen (secondary N) is 1. The Morgan fingerprint density at radius 3 is 2.73 bits per heavy atom. The Labute approximate surface area is 132 Å². The number of aromatic nitrogens is 1. The van der Waals surface area contributed by atoms with Crippen LogP contribution in [-0.2, 0) is 0 Å². The van der Waals surface area contributed by atoms with Crippen LogP contribution in [0.2, 0.25) is 0 Å². The summed E-state index contributed by atoms with van der Waals surface area (Å²) in [5, 5.41) is 5.07. The summed E-state index contributed by atoms with van der Waals surface area (Å²) in [7, 11) is 0. The summed E-state index contributed by atoms with van der Waals surface area (Å²) in [4.78, 5) is 14.5. The van der Waals surface area contributed by atoms with Crippen molar-refractivity contribution in [3.8, 4) is 0 Å². The molecule has 2 aliphatic heterocycles. The van der Waals surface area contributed by atoms with Crippen molar-refractivity contribution in [2.24, 2.45) is 0 Å². The first kappa shape index (κ1) is 14.1. The van der Waals surface area contributed by atoms with Crippen molar-refractivity contribution >= 4 is 28.4 Å². The first-order chi connectivity index (χ1) is 10.6. The molecule has 1 saturated heterocycles. The lowest BCUT2D eigenvalue weighted by Gasteiger charge is -2.34. The predicted octanol–water partition coefficient (Wildman–Crippen LogP) is 2.48. The topological polar surface area (TPSA) is 37.3 Å². The van der Waals surface area contributed by atoms with E-state index in [9.17, 15) is 9.18 Å². The van der Waals surface area contributed by atoms with Crippen molar-refractivity contribution in [2.45, 2.75) is 24.2 Å². The molecule has 1 atom stereocenters. The highest BCUT2D eigenvalue weighted by Crippen LogP contribution is 2.46. The van der Waals surface area contributed by atoms with Crippen LogP contribution >= 0.6 is 11.8 Å². The maximum Gasteiger partial charge on any atom is 0.193 e. The molecule has 0 saturated carbocycles. The first-order valence-electron chi connectivity index (χ1n) is 7.58. The summed E-state index contributed by atoms with van der Waals surface area (Å²) in [6.45, 7) is 7.22. The molecular weight excluding hydrogens is 301 g/mol. The van der Waals surface area contributed by atoms with Gasteiger partial charge >= 0.3 is 0 Å². The number of pyridine rings is 1. The fraction of sp³-hybridized carbons (Fsp3) is 0.438. The van der Waals surface area contributed by atoms with Gasteiger partial charge in [-0.3, -0.25) is 4.79 Å². The smallest absolute Gasteiger partial charge is 0.193 e. The molecule has 0 amide bonds. The van der Waals surface area contributed by atoms with Crippen molar-refractivity contribution < 1.29 is 4.39 Å². The number of halogens is 1. The molecule has 1 fully saturated rings. The van der Waals surface area contributed by atoms with E-state index in [1.807, 2.05) is 13.0 Å². The van der Waals surface area contributed by atoms with Crippen molar-refractivity contribution in [1.82, 2.24) is 9.88 Å². The van der Waals surface area contributed by atoms with E-state index in [0.717, 1.165) is 42.3 Å². The number of hydrogen-bond acceptors (Lipinski definition) is 4. The Morgan fingerprint density at radius 1 is 1.32 bits per heavy atom. The van der Waals surface area contributed by atoms with Gasteiger partial charge in [-0.1, -0.05) is 11.8 Å². The minimum Gasteiger partial charge on any atom is -0.367 e. The Kier molecular flexibility index (Phi) is 3.20. The molecule has 0 aliphatic carbocycles. The van der Waals surface area contributed by atoms with Crippen LogP contribution in [0.15, 0.2) is 22.0 Å². The highest BCUT2D eigenvalue weighted by Gasteiger charge is 2.29. The molecule has 1 N–H and O–H groups in total. The molecule has 116 valence electrons. The van der Waals surface area contributed by atoms with E-state index in [0.29, 0.717) is 11.1 Å². The molecule has 6 heteroatoms. The Morgan fingerprint density at radius 2 is 2.05 bits per heavy atom. The van der Waals surface area contributed by atoms with E-state index in [1.165, 1.54) is 6.07 Å². The third-order valence-corrected chi connectivity index (χ3v) is 5.83. The van der Waals surface area contributed by atoms with Gasteiger partial charge in [0, 0.05) is 37.1 Å². The summed E-state index contributed by atoms with van der Waals surface area (Å²) in [5.41, 5.74) is 2.14. The molecule has 0 bridgehead atoms. The lowest BCUT2D eigenvalue weighted by molar-refractivity contribution is 0.566. The van der Waals surface area contributed by atoms with Gasteiger partial charge in [0.05, 0.1) is 21.6 Å². The first-order valence-corrected chi connectivity index (χ1v) is 8.46. The number of thioether (sulfide) groups is 1. The summed E-state index contributed by atoms with van der Waals surface area (Å²) in [6, 6.07) is 3.28. The Balaban J connectivity index is 1.97. The molecule has 1 aromatic carbocycles. The third-order valence-electron chi connectivity index (χ3n) is 4.55. The summed E-state index contributed by atoms with van der Waals surface area (Å²) in [6.07, 6.45) is 0. The average Bonchev–Trinajstić information content (AvgIpc) is 2.52. The number of piperazine rings is 1. The van der Waals surface area contributed by atoms with Crippen molar-refractivity contribution in [2.75, 3.05) is 31.1 Å². The molecule has 0 radical (unpaired) electrons. The Bertz CT molecular complexity index is 826. The second-order valence-corrected chi connectivity index (χ2v) is 7.21. The van der Waals surface area contributed by atoms with E-state index in [-0.39, 0.29) is 16.6 Å². The number of benzene rings is 1. The molecule has 2 aliphatic rings. The fourth-order valence-corrected chi connectivity index (χ4v) is 4.47. The second kappa shape index (κ2) is 4.99. The zero-order valence-electron chi connectivity index (χ0n) is 12.6. The number of rotatable bonds is 1. The lowest BCUT2D eigenvalue weighted by atomic mass is 10.1. The zero-order valence-corrected chi connectivity index (χ0v) is 13.5. The highest BCUT2D eigenvalue weighted by atomic mass is 32.2. The van der Waals surface area contributed by atoms with Crippen LogP contribution in [0.3, 0.4) is 0 Å². The summed E-state index contributed by atoms with van der Waals surface area (Å²) >= 11 is 1.70. The number of hydrogen-bond donors (Lipinski definition) is 1. The molecule has 2 aromatic rings. The van der Waals surface area contributed by atoms with E-state index in [1.54, 1.807) is 11.8 Å². The summed E-state index contributed by atoms with van der Waals surface area (Å²) in [5.74, 6) is -0.300. The molecule has 1 aromatic heterocycles. The van der Waals surface area contributed by atoms with Crippen LogP contribution in [0.25, 0.3) is 10.9 Å². The van der Waals surface area contributed by atoms with E-state index >= 15 is 0 Å². The number of nitrogens with zero attached hydrogens (tertiary/aromatic N) is 2. The molecule has 4 nitrogen and oxygen atoms in total. The van der Waals surface area contributed by atoms with Crippen molar-refractivity contribution in [3.05, 3.63) is 33.7 Å². The van der Waals surface area contributed by atoms with Crippen LogP contribution in [0.5, 0.6) is 0 Å². The van der Waals surface area contributed by atoms with Crippen LogP contribution in [-0.4, -0.2) is 30.7 Å². The quantitative estimate of drug-likeness (QED) is 0.876. The largest absolute Gasteiger partial charge is 0.367 e. The van der Waals surface area contributed by atoms with E-state index in [2.05, 4.69) is 21.7 Å². The molecule has 22 heavy (non-hydrogen) atoms. The fourth-order valence-electron chi connectivity index (χ4n) is 3.34. The van der Waals surface area contributed by atoms with E-state index < -0.39 is 0 Å². The standard InChI is InChI=1S/C16H18FN3OS/c1-9-15(21)11-7-12(17)14(19-5-3-18-4-6-19)8-13(11)20-10(2)22-16(9)20/h7-8,10,18H,3-6H2,1-2H3. The predicted molar refractivity (Wildman–Crippen MR) is 88.6 cm³/mol. The van der Waals surface area contributed by atoms with Crippen LogP contribution < -0.4 is 15.6 Å². The minimum absolute atomic E-state index is 0.0496. The van der Waals surface area contributed by atoms with Gasteiger partial charge in [-0.05, 0) is 26.0 Å². The van der Waals surface area contributed by atoms with Gasteiger partial charge in [0.25, 0.3) is 0 Å². The maximum absolute atomic E-state index is 14.5. The monoisotopic (exact) mass is 319 g/mol. The van der Waals surface area contributed by atoms with Crippen LogP contribution in [0.1, 0.15) is 17.9 Å². The normalized spacial score (nSPS) is 20.9. The zero-order chi connectivity index (χ0) is 15.4. The molecular formula is C16H18FN3OS. The minimum atomic E-state index is -0.300. The van der Waals surface area contributed by atoms with Crippen molar-refractivity contribution in [3.63, 3.8) is 0 Å².